The quantitative estimate of drug-likeness (QED) is 0.645. The second-order valence-corrected chi connectivity index (χ2v) is 3.03. The van der Waals surface area contributed by atoms with E-state index in [1.165, 1.54) is 18.4 Å². The molecule has 0 rings (SSSR count). The van der Waals surface area contributed by atoms with Gasteiger partial charge in [0, 0.05) is 0 Å². The van der Waals surface area contributed by atoms with Gasteiger partial charge in [-0.25, -0.2) is 0 Å². The Kier molecular flexibility index (Phi) is 13.7. The van der Waals surface area contributed by atoms with E-state index in [2.05, 4.69) is 32.2 Å². The molecule has 0 aliphatic rings. The van der Waals surface area contributed by atoms with E-state index in [-0.39, 0.29) is 0 Å². The summed E-state index contributed by atoms with van der Waals surface area (Å²) in [6, 6.07) is 0. The van der Waals surface area contributed by atoms with Crippen molar-refractivity contribution < 1.29 is 0 Å². The van der Waals surface area contributed by atoms with Gasteiger partial charge in [0.25, 0.3) is 0 Å². The van der Waals surface area contributed by atoms with Crippen molar-refractivity contribution in [2.75, 3.05) is 13.6 Å². The predicted molar refractivity (Wildman–Crippen MR) is 63.1 cm³/mol. The van der Waals surface area contributed by atoms with Crippen molar-refractivity contribution in [3.8, 4) is 0 Å². The van der Waals surface area contributed by atoms with E-state index in [1.807, 2.05) is 20.9 Å². The van der Waals surface area contributed by atoms with Crippen LogP contribution < -0.4 is 5.32 Å². The van der Waals surface area contributed by atoms with Crippen molar-refractivity contribution in [2.24, 2.45) is 5.92 Å². The Morgan fingerprint density at radius 2 is 1.92 bits per heavy atom. The molecule has 0 aromatic heterocycles. The van der Waals surface area contributed by atoms with Crippen LogP contribution in [0.1, 0.15) is 47.5 Å². The molecule has 0 heterocycles. The fraction of sp³-hybridized carbons (Fsp3) is 0.833. The first kappa shape index (κ1) is 15.2. The number of rotatable bonds is 5. The summed E-state index contributed by atoms with van der Waals surface area (Å²) in [5.41, 5.74) is 1.53. The van der Waals surface area contributed by atoms with E-state index >= 15 is 0 Å². The molecular formula is C12H27N. The van der Waals surface area contributed by atoms with E-state index in [1.54, 1.807) is 0 Å². The maximum absolute atomic E-state index is 3.18. The summed E-state index contributed by atoms with van der Waals surface area (Å²) >= 11 is 0. The first-order chi connectivity index (χ1) is 6.26. The van der Waals surface area contributed by atoms with E-state index in [0.717, 1.165) is 12.5 Å². The van der Waals surface area contributed by atoms with E-state index in [0.29, 0.717) is 0 Å². The summed E-state index contributed by atoms with van der Waals surface area (Å²) < 4.78 is 0. The minimum Gasteiger partial charge on any atom is -0.320 e. The highest BCUT2D eigenvalue weighted by Crippen LogP contribution is 2.17. The minimum atomic E-state index is 0.785. The Balaban J connectivity index is 0. The molecule has 0 aliphatic heterocycles. The highest BCUT2D eigenvalue weighted by atomic mass is 14.8. The standard InChI is InChI=1S/C10H21N.C2H6/c1-5-9(3)10(6-2)7-8-11-4;1-2/h5,10-11H,6-8H2,1-4H3;1-2H3/b9-5+;. The summed E-state index contributed by atoms with van der Waals surface area (Å²) in [5.74, 6) is 0.785. The highest BCUT2D eigenvalue weighted by Gasteiger charge is 2.05. The molecule has 1 unspecified atom stereocenters. The second-order valence-electron chi connectivity index (χ2n) is 3.03. The van der Waals surface area contributed by atoms with Crippen molar-refractivity contribution in [1.29, 1.82) is 0 Å². The van der Waals surface area contributed by atoms with Gasteiger partial charge in [-0.1, -0.05) is 32.4 Å². The number of hydrogen-bond donors (Lipinski definition) is 1. The lowest BCUT2D eigenvalue weighted by Gasteiger charge is -2.14. The molecule has 0 aliphatic carbocycles. The topological polar surface area (TPSA) is 12.0 Å². The molecule has 80 valence electrons. The molecule has 0 aromatic rings. The van der Waals surface area contributed by atoms with Gasteiger partial charge in [0.2, 0.25) is 0 Å². The Bertz CT molecular complexity index is 116. The fourth-order valence-electron chi connectivity index (χ4n) is 1.31. The van der Waals surface area contributed by atoms with Gasteiger partial charge in [0.15, 0.2) is 0 Å². The fourth-order valence-corrected chi connectivity index (χ4v) is 1.31. The van der Waals surface area contributed by atoms with Crippen LogP contribution in [0.3, 0.4) is 0 Å². The van der Waals surface area contributed by atoms with Gasteiger partial charge in [-0.3, -0.25) is 0 Å². The Morgan fingerprint density at radius 3 is 2.23 bits per heavy atom. The van der Waals surface area contributed by atoms with E-state index in [9.17, 15) is 0 Å². The molecule has 1 nitrogen and oxygen atoms in total. The Hall–Kier alpha value is -0.300. The lowest BCUT2D eigenvalue weighted by atomic mass is 9.94. The SMILES string of the molecule is C/C=C(\C)C(CC)CCNC.CC. The normalized spacial score (nSPS) is 13.2. The number of hydrogen-bond acceptors (Lipinski definition) is 1. The molecule has 1 N–H and O–H groups in total. The maximum atomic E-state index is 3.18. The third-order valence-corrected chi connectivity index (χ3v) is 2.33. The summed E-state index contributed by atoms with van der Waals surface area (Å²) in [4.78, 5) is 0. The van der Waals surface area contributed by atoms with Gasteiger partial charge in [-0.2, -0.15) is 0 Å². The van der Waals surface area contributed by atoms with Gasteiger partial charge in [0.1, 0.15) is 0 Å². The van der Waals surface area contributed by atoms with E-state index < -0.39 is 0 Å². The lowest BCUT2D eigenvalue weighted by molar-refractivity contribution is 0.525. The molecule has 1 atom stereocenters. The van der Waals surface area contributed by atoms with Crippen LogP contribution in [-0.2, 0) is 0 Å². The number of nitrogens with one attached hydrogen (secondary N) is 1. The molecule has 0 fully saturated rings. The average molecular weight is 185 g/mol. The zero-order valence-corrected chi connectivity index (χ0v) is 10.3. The smallest absolute Gasteiger partial charge is 0.00462 e. The zero-order valence-electron chi connectivity index (χ0n) is 10.3. The van der Waals surface area contributed by atoms with E-state index in [4.69, 9.17) is 0 Å². The van der Waals surface area contributed by atoms with Crippen LogP contribution in [0.5, 0.6) is 0 Å². The van der Waals surface area contributed by atoms with Gasteiger partial charge in [-0.05, 0) is 46.2 Å². The third kappa shape index (κ3) is 8.04. The van der Waals surface area contributed by atoms with Gasteiger partial charge in [-0.15, -0.1) is 0 Å². The summed E-state index contributed by atoms with van der Waals surface area (Å²) in [6.07, 6.45) is 4.75. The third-order valence-electron chi connectivity index (χ3n) is 2.33. The van der Waals surface area contributed by atoms with Crippen LogP contribution in [0.4, 0.5) is 0 Å². The van der Waals surface area contributed by atoms with Crippen LogP contribution in [0, 0.1) is 5.92 Å². The minimum absolute atomic E-state index is 0.785. The summed E-state index contributed by atoms with van der Waals surface area (Å²) in [6.45, 7) is 11.7. The van der Waals surface area contributed by atoms with Crippen molar-refractivity contribution in [2.45, 2.75) is 47.5 Å². The maximum Gasteiger partial charge on any atom is -0.00462 e. The monoisotopic (exact) mass is 185 g/mol. The molecule has 0 amide bonds. The van der Waals surface area contributed by atoms with Crippen LogP contribution in [-0.4, -0.2) is 13.6 Å². The van der Waals surface area contributed by atoms with Crippen molar-refractivity contribution in [1.82, 2.24) is 5.32 Å². The van der Waals surface area contributed by atoms with Crippen LogP contribution >= 0.6 is 0 Å². The molecule has 0 aromatic carbocycles. The molecule has 0 radical (unpaired) electrons. The van der Waals surface area contributed by atoms with Crippen LogP contribution in [0.2, 0.25) is 0 Å². The molecule has 0 spiro atoms. The largest absolute Gasteiger partial charge is 0.320 e. The molecule has 13 heavy (non-hydrogen) atoms. The summed E-state index contributed by atoms with van der Waals surface area (Å²) in [7, 11) is 2.01. The summed E-state index contributed by atoms with van der Waals surface area (Å²) in [5, 5.41) is 3.18. The van der Waals surface area contributed by atoms with Crippen molar-refractivity contribution >= 4 is 0 Å². The molecular weight excluding hydrogens is 158 g/mol. The number of allylic oxidation sites excluding steroid dienone is 2. The van der Waals surface area contributed by atoms with Crippen molar-refractivity contribution in [3.63, 3.8) is 0 Å². The zero-order chi connectivity index (χ0) is 10.7. The Labute approximate surface area is 84.6 Å². The first-order valence-corrected chi connectivity index (χ1v) is 5.53. The second kappa shape index (κ2) is 11.7. The molecule has 0 saturated heterocycles. The highest BCUT2D eigenvalue weighted by molar-refractivity contribution is 5.01. The van der Waals surface area contributed by atoms with Gasteiger partial charge in [0.05, 0.1) is 0 Å². The lowest BCUT2D eigenvalue weighted by Crippen LogP contribution is -2.13. The Morgan fingerprint density at radius 1 is 1.38 bits per heavy atom. The molecule has 0 saturated carbocycles. The first-order valence-electron chi connectivity index (χ1n) is 5.53. The van der Waals surface area contributed by atoms with Crippen molar-refractivity contribution in [3.05, 3.63) is 11.6 Å². The molecule has 1 heteroatoms. The van der Waals surface area contributed by atoms with Gasteiger partial charge >= 0.3 is 0 Å². The average Bonchev–Trinajstić information content (AvgIpc) is 2.21. The molecule has 0 bridgehead atoms. The predicted octanol–water partition coefficient (Wildman–Crippen LogP) is 3.61. The van der Waals surface area contributed by atoms with Crippen LogP contribution in [0.15, 0.2) is 11.6 Å². The van der Waals surface area contributed by atoms with Gasteiger partial charge < -0.3 is 5.32 Å². The van der Waals surface area contributed by atoms with Crippen LogP contribution in [0.25, 0.3) is 0 Å².